The van der Waals surface area contributed by atoms with Crippen molar-refractivity contribution in [2.24, 2.45) is 19.2 Å². The van der Waals surface area contributed by atoms with Crippen LogP contribution in [0.3, 0.4) is 0 Å². The number of amides is 1. The third kappa shape index (κ3) is 2.47. The van der Waals surface area contributed by atoms with E-state index in [1.54, 1.807) is 0 Å². The van der Waals surface area contributed by atoms with Crippen molar-refractivity contribution in [1.29, 1.82) is 0 Å². The Morgan fingerprint density at radius 2 is 1.93 bits per heavy atom. The third-order valence-corrected chi connectivity index (χ3v) is 5.14. The largest absolute Gasteiger partial charge is 0.494 e. The lowest BCUT2D eigenvalue weighted by molar-refractivity contribution is -0.130. The van der Waals surface area contributed by atoms with Crippen LogP contribution in [-0.2, 0) is 18.9 Å². The summed E-state index contributed by atoms with van der Waals surface area (Å²) in [5, 5.41) is 17.0. The third-order valence-electron chi connectivity index (χ3n) is 5.14. The standard InChI is InChI=1S/C19H19N5O4/c1-10(25)24-15(12-9-20-13-7-5-4-6-11(12)13)8-14(21-24)16-17(26)22(2)19(28)23(3)18(16)27/h4-7,9,15,20,26H,8H2,1-3H3/t15-/m0/s1. The van der Waals surface area contributed by atoms with Gasteiger partial charge in [0.05, 0.1) is 11.8 Å². The molecule has 4 rings (SSSR count). The van der Waals surface area contributed by atoms with Crippen LogP contribution >= 0.6 is 0 Å². The second-order valence-electron chi connectivity index (χ2n) is 6.82. The molecule has 1 aliphatic heterocycles. The molecule has 0 saturated heterocycles. The number of H-pyrrole nitrogens is 1. The highest BCUT2D eigenvalue weighted by molar-refractivity contribution is 6.04. The lowest BCUT2D eigenvalue weighted by Gasteiger charge is -2.19. The number of aromatic amines is 1. The molecule has 1 aromatic carbocycles. The average molecular weight is 381 g/mol. The number of hydrazone groups is 1. The first-order valence-electron chi connectivity index (χ1n) is 8.74. The van der Waals surface area contributed by atoms with Gasteiger partial charge < -0.3 is 10.1 Å². The molecular formula is C19H19N5O4. The van der Waals surface area contributed by atoms with Gasteiger partial charge >= 0.3 is 5.69 Å². The van der Waals surface area contributed by atoms with Gasteiger partial charge in [-0.05, 0) is 6.07 Å². The number of benzene rings is 1. The van der Waals surface area contributed by atoms with Crippen LogP contribution in [0.15, 0.2) is 45.2 Å². The van der Waals surface area contributed by atoms with Gasteiger partial charge in [0, 0.05) is 50.1 Å². The number of para-hydroxylation sites is 1. The fourth-order valence-electron chi connectivity index (χ4n) is 3.65. The number of hydrogen-bond donors (Lipinski definition) is 2. The Bertz CT molecular complexity index is 1260. The van der Waals surface area contributed by atoms with Crippen LogP contribution in [0.2, 0.25) is 0 Å². The Morgan fingerprint density at radius 1 is 1.21 bits per heavy atom. The first-order valence-corrected chi connectivity index (χ1v) is 8.74. The Balaban J connectivity index is 1.87. The number of fused-ring (bicyclic) bond motifs is 1. The fourth-order valence-corrected chi connectivity index (χ4v) is 3.65. The van der Waals surface area contributed by atoms with Gasteiger partial charge in [-0.3, -0.25) is 18.7 Å². The highest BCUT2D eigenvalue weighted by Gasteiger charge is 2.35. The molecular weight excluding hydrogens is 362 g/mol. The molecule has 9 nitrogen and oxygen atoms in total. The molecule has 2 N–H and O–H groups in total. The first-order chi connectivity index (χ1) is 13.3. The molecule has 28 heavy (non-hydrogen) atoms. The van der Waals surface area contributed by atoms with Crippen molar-refractivity contribution < 1.29 is 9.90 Å². The van der Waals surface area contributed by atoms with E-state index in [2.05, 4.69) is 10.1 Å². The van der Waals surface area contributed by atoms with Crippen molar-refractivity contribution in [2.45, 2.75) is 19.4 Å². The maximum atomic E-state index is 12.6. The van der Waals surface area contributed by atoms with E-state index in [0.29, 0.717) is 0 Å². The molecule has 1 amide bonds. The zero-order chi connectivity index (χ0) is 20.2. The summed E-state index contributed by atoms with van der Waals surface area (Å²) in [6.45, 7) is 1.40. The summed E-state index contributed by atoms with van der Waals surface area (Å²) in [6.07, 6.45) is 2.06. The highest BCUT2D eigenvalue weighted by atomic mass is 16.3. The Morgan fingerprint density at radius 3 is 2.64 bits per heavy atom. The molecule has 9 heteroatoms. The van der Waals surface area contributed by atoms with Crippen molar-refractivity contribution in [1.82, 2.24) is 19.1 Å². The second kappa shape index (κ2) is 6.22. The number of carbonyl (C=O) groups is 1. The van der Waals surface area contributed by atoms with Gasteiger partial charge in [0.15, 0.2) is 0 Å². The molecule has 3 aromatic rings. The zero-order valence-corrected chi connectivity index (χ0v) is 15.6. The smallest absolute Gasteiger partial charge is 0.333 e. The number of carbonyl (C=O) groups excluding carboxylic acids is 1. The van der Waals surface area contributed by atoms with Crippen molar-refractivity contribution >= 4 is 22.5 Å². The Hall–Kier alpha value is -3.62. The maximum absolute atomic E-state index is 12.6. The van der Waals surface area contributed by atoms with Crippen LogP contribution in [0, 0.1) is 0 Å². The minimum atomic E-state index is -0.651. The number of rotatable bonds is 2. The number of aromatic hydroxyl groups is 1. The maximum Gasteiger partial charge on any atom is 0.333 e. The summed E-state index contributed by atoms with van der Waals surface area (Å²) in [7, 11) is 2.71. The normalized spacial score (nSPS) is 16.6. The molecule has 0 saturated carbocycles. The fraction of sp³-hybridized carbons (Fsp3) is 0.263. The molecule has 3 heterocycles. The Labute approximate surface area is 159 Å². The summed E-state index contributed by atoms with van der Waals surface area (Å²) >= 11 is 0. The molecule has 144 valence electrons. The lowest BCUT2D eigenvalue weighted by Crippen LogP contribution is -2.39. The monoisotopic (exact) mass is 381 g/mol. The van der Waals surface area contributed by atoms with Crippen LogP contribution < -0.4 is 11.2 Å². The minimum absolute atomic E-state index is 0.0711. The van der Waals surface area contributed by atoms with Gasteiger partial charge in [-0.15, -0.1) is 0 Å². The lowest BCUT2D eigenvalue weighted by atomic mass is 9.98. The van der Waals surface area contributed by atoms with E-state index in [-0.39, 0.29) is 23.6 Å². The molecule has 0 radical (unpaired) electrons. The van der Waals surface area contributed by atoms with Gasteiger partial charge in [-0.1, -0.05) is 18.2 Å². The second-order valence-corrected chi connectivity index (χ2v) is 6.82. The van der Waals surface area contributed by atoms with Crippen LogP contribution in [0.4, 0.5) is 0 Å². The van der Waals surface area contributed by atoms with Crippen LogP contribution in [0.25, 0.3) is 10.9 Å². The van der Waals surface area contributed by atoms with E-state index in [9.17, 15) is 19.5 Å². The molecule has 0 fully saturated rings. The van der Waals surface area contributed by atoms with Gasteiger partial charge in [0.2, 0.25) is 11.8 Å². The molecule has 0 aliphatic carbocycles. The zero-order valence-electron chi connectivity index (χ0n) is 15.6. The first kappa shape index (κ1) is 17.8. The summed E-state index contributed by atoms with van der Waals surface area (Å²) in [5.74, 6) is -0.749. The van der Waals surface area contributed by atoms with Gasteiger partial charge in [-0.25, -0.2) is 9.80 Å². The molecule has 0 unspecified atom stereocenters. The van der Waals surface area contributed by atoms with Crippen molar-refractivity contribution in [3.8, 4) is 5.88 Å². The van der Waals surface area contributed by atoms with Gasteiger partial charge in [-0.2, -0.15) is 5.10 Å². The summed E-state index contributed by atoms with van der Waals surface area (Å²) < 4.78 is 1.89. The van der Waals surface area contributed by atoms with Crippen molar-refractivity contribution in [3.05, 3.63) is 62.4 Å². The van der Waals surface area contributed by atoms with E-state index in [0.717, 1.165) is 25.6 Å². The summed E-state index contributed by atoms with van der Waals surface area (Å²) in [4.78, 5) is 40.0. The average Bonchev–Trinajstić information content (AvgIpc) is 3.29. The highest BCUT2D eigenvalue weighted by Crippen LogP contribution is 2.36. The molecule has 2 aromatic heterocycles. The number of nitrogens with one attached hydrogen (secondary N) is 1. The predicted molar refractivity (Wildman–Crippen MR) is 103 cm³/mol. The summed E-state index contributed by atoms with van der Waals surface area (Å²) in [5.41, 5.74) is 0.697. The molecule has 0 bridgehead atoms. The van der Waals surface area contributed by atoms with Crippen LogP contribution in [-0.4, -0.2) is 35.9 Å². The van der Waals surface area contributed by atoms with Crippen molar-refractivity contribution in [3.63, 3.8) is 0 Å². The number of hydrogen-bond acceptors (Lipinski definition) is 5. The number of nitrogens with zero attached hydrogens (tertiary/aromatic N) is 4. The van der Waals surface area contributed by atoms with Crippen molar-refractivity contribution in [2.75, 3.05) is 0 Å². The molecule has 1 atom stereocenters. The summed E-state index contributed by atoms with van der Waals surface area (Å²) in [6, 6.07) is 7.27. The topological polar surface area (TPSA) is 113 Å². The van der Waals surface area contributed by atoms with Crippen LogP contribution in [0.1, 0.15) is 30.5 Å². The minimum Gasteiger partial charge on any atom is -0.494 e. The Kier molecular flexibility index (Phi) is 3.95. The van der Waals surface area contributed by atoms with Gasteiger partial charge in [0.1, 0.15) is 5.56 Å². The molecule has 0 spiro atoms. The quantitative estimate of drug-likeness (QED) is 0.689. The molecule has 1 aliphatic rings. The van der Waals surface area contributed by atoms with E-state index in [1.165, 1.54) is 26.0 Å². The predicted octanol–water partition coefficient (Wildman–Crippen LogP) is 0.968. The van der Waals surface area contributed by atoms with Gasteiger partial charge in [0.25, 0.3) is 5.56 Å². The number of aromatic nitrogens is 3. The SMILES string of the molecule is CC(=O)N1N=C(c2c(O)n(C)c(=O)n(C)c2=O)C[C@H]1c1c[nH]c2ccccc12. The van der Waals surface area contributed by atoms with E-state index in [4.69, 9.17) is 0 Å². The van der Waals surface area contributed by atoms with E-state index < -0.39 is 23.2 Å². The van der Waals surface area contributed by atoms with E-state index >= 15 is 0 Å². The van der Waals surface area contributed by atoms with E-state index in [1.807, 2.05) is 30.5 Å². The van der Waals surface area contributed by atoms with Crippen LogP contribution in [0.5, 0.6) is 5.88 Å².